The van der Waals surface area contributed by atoms with Crippen molar-refractivity contribution in [2.45, 2.75) is 32.1 Å². The van der Waals surface area contributed by atoms with Crippen molar-refractivity contribution < 1.29 is 4.74 Å². The molecule has 3 atom stereocenters. The van der Waals surface area contributed by atoms with Crippen LogP contribution in [0.1, 0.15) is 32.1 Å². The normalized spacial score (nSPS) is 28.4. The molecule has 1 saturated carbocycles. The summed E-state index contributed by atoms with van der Waals surface area (Å²) in [6.07, 6.45) is 6.89. The fourth-order valence-corrected chi connectivity index (χ4v) is 5.19. The van der Waals surface area contributed by atoms with E-state index in [1.165, 1.54) is 50.9 Å². The van der Waals surface area contributed by atoms with E-state index in [0.29, 0.717) is 5.92 Å². The second kappa shape index (κ2) is 8.41. The summed E-state index contributed by atoms with van der Waals surface area (Å²) in [5.74, 6) is 4.51. The molecule has 0 radical (unpaired) electrons. The quantitative estimate of drug-likeness (QED) is 0.653. The van der Waals surface area contributed by atoms with Crippen molar-refractivity contribution in [3.05, 3.63) is 24.3 Å². The van der Waals surface area contributed by atoms with Gasteiger partial charge >= 0.3 is 0 Å². The number of ether oxygens (including phenoxy) is 1. The van der Waals surface area contributed by atoms with Gasteiger partial charge in [-0.05, 0) is 49.1 Å². The van der Waals surface area contributed by atoms with Gasteiger partial charge < -0.3 is 19.9 Å². The van der Waals surface area contributed by atoms with E-state index in [9.17, 15) is 0 Å². The van der Waals surface area contributed by atoms with Crippen LogP contribution in [0, 0.1) is 17.8 Å². The molecule has 3 fully saturated rings. The van der Waals surface area contributed by atoms with E-state index in [1.807, 2.05) is 13.1 Å². The predicted octanol–water partition coefficient (Wildman–Crippen LogP) is 3.22. The molecule has 0 aromatic heterocycles. The Kier molecular flexibility index (Phi) is 5.74. The van der Waals surface area contributed by atoms with Gasteiger partial charge in [-0.1, -0.05) is 18.9 Å². The van der Waals surface area contributed by atoms with E-state index >= 15 is 0 Å². The first-order valence-electron chi connectivity index (χ1n) is 10.6. The van der Waals surface area contributed by atoms with Gasteiger partial charge in [0.05, 0.1) is 7.11 Å². The van der Waals surface area contributed by atoms with Gasteiger partial charge in [0.1, 0.15) is 5.75 Å². The third-order valence-electron chi connectivity index (χ3n) is 6.74. The third kappa shape index (κ3) is 4.17. The number of aliphatic imine (C=N–C) groups is 1. The molecule has 1 aliphatic carbocycles. The van der Waals surface area contributed by atoms with Crippen molar-refractivity contribution in [1.29, 1.82) is 0 Å². The van der Waals surface area contributed by atoms with Gasteiger partial charge in [-0.25, -0.2) is 0 Å². The molecule has 1 aromatic rings. The summed E-state index contributed by atoms with van der Waals surface area (Å²) in [7, 11) is 3.66. The smallest absolute Gasteiger partial charge is 0.193 e. The Hall–Kier alpha value is -1.91. The number of hydrogen-bond donors (Lipinski definition) is 1. The minimum atomic E-state index is 0.665. The van der Waals surface area contributed by atoms with Crippen LogP contribution < -0.4 is 15.0 Å². The van der Waals surface area contributed by atoms with Crippen molar-refractivity contribution in [3.8, 4) is 5.75 Å². The fourth-order valence-electron chi connectivity index (χ4n) is 5.19. The van der Waals surface area contributed by atoms with Crippen LogP contribution >= 0.6 is 0 Å². The van der Waals surface area contributed by atoms with Gasteiger partial charge in [0.15, 0.2) is 5.96 Å². The Balaban J connectivity index is 1.28. The summed E-state index contributed by atoms with van der Waals surface area (Å²) in [5.41, 5.74) is 1.27. The maximum absolute atomic E-state index is 5.37. The van der Waals surface area contributed by atoms with E-state index in [1.54, 1.807) is 7.11 Å². The van der Waals surface area contributed by atoms with E-state index < -0.39 is 0 Å². The number of benzene rings is 1. The topological polar surface area (TPSA) is 40.1 Å². The molecule has 27 heavy (non-hydrogen) atoms. The highest BCUT2D eigenvalue weighted by atomic mass is 16.5. The van der Waals surface area contributed by atoms with Gasteiger partial charge in [-0.3, -0.25) is 4.99 Å². The molecule has 0 amide bonds. The molecule has 3 unspecified atom stereocenters. The molecule has 3 aliphatic rings. The minimum absolute atomic E-state index is 0.665. The molecule has 2 heterocycles. The van der Waals surface area contributed by atoms with Gasteiger partial charge in [-0.15, -0.1) is 0 Å². The number of rotatable bonds is 4. The molecule has 0 spiro atoms. The van der Waals surface area contributed by atoms with Gasteiger partial charge in [0, 0.05) is 51.5 Å². The summed E-state index contributed by atoms with van der Waals surface area (Å²) in [4.78, 5) is 9.57. The second-order valence-corrected chi connectivity index (χ2v) is 8.44. The zero-order chi connectivity index (χ0) is 18.6. The summed E-state index contributed by atoms with van der Waals surface area (Å²) in [6.45, 7) is 5.63. The van der Waals surface area contributed by atoms with Gasteiger partial charge in [0.2, 0.25) is 0 Å². The highest BCUT2D eigenvalue weighted by Gasteiger charge is 2.35. The number of fused-ring (bicyclic) bond motifs is 1. The van der Waals surface area contributed by atoms with Crippen molar-refractivity contribution in [2.75, 3.05) is 51.8 Å². The summed E-state index contributed by atoms with van der Waals surface area (Å²) in [5, 5.41) is 3.68. The van der Waals surface area contributed by atoms with E-state index in [0.717, 1.165) is 43.2 Å². The Morgan fingerprint density at radius 2 is 1.93 bits per heavy atom. The number of likely N-dealkylation sites (tertiary alicyclic amines) is 1. The lowest BCUT2D eigenvalue weighted by Crippen LogP contribution is -2.42. The third-order valence-corrected chi connectivity index (χ3v) is 6.74. The van der Waals surface area contributed by atoms with Crippen LogP contribution in [0.25, 0.3) is 0 Å². The van der Waals surface area contributed by atoms with Crippen molar-refractivity contribution in [3.63, 3.8) is 0 Å². The monoisotopic (exact) mass is 370 g/mol. The zero-order valence-corrected chi connectivity index (χ0v) is 16.9. The largest absolute Gasteiger partial charge is 0.497 e. The predicted molar refractivity (Wildman–Crippen MR) is 112 cm³/mol. The lowest BCUT2D eigenvalue weighted by atomic mass is 9.82. The molecular weight excluding hydrogens is 336 g/mol. The van der Waals surface area contributed by atoms with Crippen LogP contribution in [0.4, 0.5) is 5.69 Å². The first kappa shape index (κ1) is 18.5. The molecule has 1 N–H and O–H groups in total. The van der Waals surface area contributed by atoms with Crippen molar-refractivity contribution in [1.82, 2.24) is 10.2 Å². The fraction of sp³-hybridized carbons (Fsp3) is 0.682. The maximum atomic E-state index is 5.37. The molecule has 0 bridgehead atoms. The molecule has 2 saturated heterocycles. The van der Waals surface area contributed by atoms with Crippen LogP contribution in [-0.2, 0) is 0 Å². The number of anilines is 1. The Morgan fingerprint density at radius 1 is 1.15 bits per heavy atom. The van der Waals surface area contributed by atoms with Crippen LogP contribution in [0.2, 0.25) is 0 Å². The van der Waals surface area contributed by atoms with E-state index in [2.05, 4.69) is 38.3 Å². The standard InChI is InChI=1S/C22H34N4O/c1-23-22(26-15-18-6-3-4-7-19(18)16-26)24-13-17-10-11-25(14-17)20-8-5-9-21(12-20)27-2/h5,8-9,12,17-19H,3-4,6-7,10-11,13-16H2,1-2H3,(H,23,24). The summed E-state index contributed by atoms with van der Waals surface area (Å²) in [6, 6.07) is 8.41. The first-order valence-corrected chi connectivity index (χ1v) is 10.6. The maximum Gasteiger partial charge on any atom is 0.193 e. The highest BCUT2D eigenvalue weighted by Crippen LogP contribution is 2.36. The summed E-state index contributed by atoms with van der Waals surface area (Å²) < 4.78 is 5.37. The zero-order valence-electron chi connectivity index (χ0n) is 16.9. The van der Waals surface area contributed by atoms with E-state index in [-0.39, 0.29) is 0 Å². The second-order valence-electron chi connectivity index (χ2n) is 8.44. The molecule has 5 heteroatoms. The van der Waals surface area contributed by atoms with Gasteiger partial charge in [-0.2, -0.15) is 0 Å². The van der Waals surface area contributed by atoms with E-state index in [4.69, 9.17) is 4.74 Å². The summed E-state index contributed by atoms with van der Waals surface area (Å²) >= 11 is 0. The van der Waals surface area contributed by atoms with Crippen molar-refractivity contribution in [2.24, 2.45) is 22.7 Å². The number of guanidine groups is 1. The van der Waals surface area contributed by atoms with Crippen LogP contribution in [-0.4, -0.2) is 57.7 Å². The SMILES string of the molecule is CN=C(NCC1CCN(c2cccc(OC)c2)C1)N1CC2CCCCC2C1. The number of hydrogen-bond acceptors (Lipinski definition) is 3. The lowest BCUT2D eigenvalue weighted by Gasteiger charge is -2.24. The molecular formula is C22H34N4O. The molecule has 2 aliphatic heterocycles. The molecule has 1 aromatic carbocycles. The average molecular weight is 371 g/mol. The van der Waals surface area contributed by atoms with Crippen LogP contribution in [0.5, 0.6) is 5.75 Å². The first-order chi connectivity index (χ1) is 13.3. The Bertz CT molecular complexity index is 647. The average Bonchev–Trinajstić information content (AvgIpc) is 3.35. The highest BCUT2D eigenvalue weighted by molar-refractivity contribution is 5.80. The molecule has 148 valence electrons. The number of methoxy groups -OCH3 is 1. The minimum Gasteiger partial charge on any atom is -0.497 e. The van der Waals surface area contributed by atoms with Crippen molar-refractivity contribution >= 4 is 11.6 Å². The van der Waals surface area contributed by atoms with Crippen LogP contribution in [0.15, 0.2) is 29.3 Å². The lowest BCUT2D eigenvalue weighted by molar-refractivity contribution is 0.299. The molecule has 4 rings (SSSR count). The van der Waals surface area contributed by atoms with Crippen LogP contribution in [0.3, 0.4) is 0 Å². The molecule has 5 nitrogen and oxygen atoms in total. The number of nitrogens with zero attached hydrogens (tertiary/aromatic N) is 3. The Labute approximate surface area is 163 Å². The van der Waals surface area contributed by atoms with Gasteiger partial charge in [0.25, 0.3) is 0 Å². The number of nitrogens with one attached hydrogen (secondary N) is 1. The Morgan fingerprint density at radius 3 is 2.63 bits per heavy atom.